The maximum atomic E-state index is 11.2. The van der Waals surface area contributed by atoms with Gasteiger partial charge in [-0.1, -0.05) is 5.16 Å². The van der Waals surface area contributed by atoms with Crippen LogP contribution < -0.4 is 16.0 Å². The Bertz CT molecular complexity index is 1770. The number of aryl methyl sites for hydroxylation is 1. The number of ether oxygens (including phenoxy) is 1. The van der Waals surface area contributed by atoms with Gasteiger partial charge in [0.25, 0.3) is 0 Å². The lowest BCUT2D eigenvalue weighted by atomic mass is 9.63. The Morgan fingerprint density at radius 2 is 2.02 bits per heavy atom. The number of nitrogens with two attached hydrogens (primary N) is 1. The van der Waals surface area contributed by atoms with Gasteiger partial charge in [0.15, 0.2) is 17.3 Å². The number of hydrogen-bond acceptors (Lipinski definition) is 13. The molecule has 5 N–H and O–H groups in total. The molecule has 3 aromatic rings. The van der Waals surface area contributed by atoms with Crippen LogP contribution in [0.2, 0.25) is 0 Å². The SMILES string of the molecule is CC(Nc1nc(-c2noc3c2CCCC32CCCc3sc(N)c(C#N)c32)nc2c1C(=N)OCC1CCC(C)(O)CN21)C1CCN1C. The lowest BCUT2D eigenvalue weighted by molar-refractivity contribution is 0.0318. The Kier molecular flexibility index (Phi) is 6.87. The van der Waals surface area contributed by atoms with Crippen molar-refractivity contribution >= 4 is 33.9 Å². The number of aromatic nitrogens is 3. The van der Waals surface area contributed by atoms with Gasteiger partial charge in [0.2, 0.25) is 5.90 Å². The number of likely N-dealkylation sites (N-methyl/N-ethyl adjacent to an activating group) is 1. The van der Waals surface area contributed by atoms with Crippen LogP contribution in [0.15, 0.2) is 4.52 Å². The molecule has 5 atom stereocenters. The molecule has 5 aliphatic rings. The number of piperidine rings is 1. The molecule has 0 bridgehead atoms. The number of likely N-dealkylation sites (tertiary alicyclic amines) is 1. The van der Waals surface area contributed by atoms with E-state index in [1.54, 1.807) is 0 Å². The monoisotopic (exact) mass is 643 g/mol. The van der Waals surface area contributed by atoms with Crippen LogP contribution in [0, 0.1) is 16.7 Å². The second kappa shape index (κ2) is 10.7. The van der Waals surface area contributed by atoms with E-state index in [9.17, 15) is 10.4 Å². The number of nitrogens with one attached hydrogen (secondary N) is 2. The highest BCUT2D eigenvalue weighted by Crippen LogP contribution is 2.55. The predicted molar refractivity (Wildman–Crippen MR) is 176 cm³/mol. The zero-order valence-corrected chi connectivity index (χ0v) is 27.5. The summed E-state index contributed by atoms with van der Waals surface area (Å²) >= 11 is 1.53. The van der Waals surface area contributed by atoms with E-state index in [0.717, 1.165) is 74.8 Å². The molecule has 13 heteroatoms. The minimum atomic E-state index is -0.903. The van der Waals surface area contributed by atoms with Crippen molar-refractivity contribution in [3.8, 4) is 17.6 Å². The molecule has 3 aliphatic heterocycles. The fourth-order valence-corrected chi connectivity index (χ4v) is 9.82. The molecule has 12 nitrogen and oxygen atoms in total. The van der Waals surface area contributed by atoms with Gasteiger partial charge >= 0.3 is 0 Å². The maximum absolute atomic E-state index is 11.2. The van der Waals surface area contributed by atoms with E-state index < -0.39 is 11.0 Å². The standard InChI is InChI=1S/C33H41N9O3S/c1-17(21-9-13-41(21)3)37-29-23-27(35)44-15-18-8-12-32(2,43)16-42(18)31(23)39-30(38-29)25-19-6-4-10-33(26(19)45-40-25)11-5-7-22-24(33)20(14-34)28(36)46-22/h17-18,21,35,43H,4-13,15-16,36H2,1-3H3,(H,37,38,39). The van der Waals surface area contributed by atoms with E-state index in [4.69, 9.17) is 30.4 Å². The Morgan fingerprint density at radius 3 is 2.76 bits per heavy atom. The summed E-state index contributed by atoms with van der Waals surface area (Å²) in [5, 5.41) is 39.2. The summed E-state index contributed by atoms with van der Waals surface area (Å²) in [5.41, 5.74) is 8.71. The van der Waals surface area contributed by atoms with E-state index in [0.29, 0.717) is 64.9 Å². The number of fused-ring (bicyclic) bond motifs is 7. The summed E-state index contributed by atoms with van der Waals surface area (Å²) < 4.78 is 12.3. The first kappa shape index (κ1) is 29.7. The molecule has 3 aromatic heterocycles. The predicted octanol–water partition coefficient (Wildman–Crippen LogP) is 4.19. The molecule has 2 fully saturated rings. The zero-order valence-electron chi connectivity index (χ0n) is 26.6. The van der Waals surface area contributed by atoms with Gasteiger partial charge in [0, 0.05) is 29.1 Å². The van der Waals surface area contributed by atoms with Gasteiger partial charge in [0.05, 0.1) is 22.6 Å². The van der Waals surface area contributed by atoms with Gasteiger partial charge in [-0.3, -0.25) is 5.41 Å². The van der Waals surface area contributed by atoms with Crippen molar-refractivity contribution in [3.63, 3.8) is 0 Å². The van der Waals surface area contributed by atoms with Crippen molar-refractivity contribution in [1.82, 2.24) is 20.0 Å². The molecule has 8 rings (SSSR count). The maximum Gasteiger partial charge on any atom is 0.220 e. The first-order chi connectivity index (χ1) is 22.1. The number of hydrogen-bond donors (Lipinski definition) is 4. The highest BCUT2D eigenvalue weighted by molar-refractivity contribution is 7.16. The van der Waals surface area contributed by atoms with Crippen molar-refractivity contribution in [3.05, 3.63) is 32.9 Å². The number of aliphatic hydroxyl groups is 1. The lowest BCUT2D eigenvalue weighted by Gasteiger charge is -2.43. The van der Waals surface area contributed by atoms with E-state index in [1.807, 2.05) is 6.92 Å². The van der Waals surface area contributed by atoms with E-state index in [1.165, 1.54) is 16.2 Å². The van der Waals surface area contributed by atoms with Gasteiger partial charge in [-0.25, -0.2) is 9.97 Å². The van der Waals surface area contributed by atoms with Crippen molar-refractivity contribution in [2.45, 2.75) is 101 Å². The fourth-order valence-electron chi connectivity index (χ4n) is 8.65. The highest BCUT2D eigenvalue weighted by Gasteiger charge is 2.49. The number of nitriles is 1. The topological polar surface area (TPSA) is 173 Å². The summed E-state index contributed by atoms with van der Waals surface area (Å²) in [6.45, 7) is 5.76. The van der Waals surface area contributed by atoms with Crippen molar-refractivity contribution in [1.29, 1.82) is 10.7 Å². The van der Waals surface area contributed by atoms with E-state index in [2.05, 4.69) is 40.3 Å². The van der Waals surface area contributed by atoms with E-state index in [-0.39, 0.29) is 18.0 Å². The molecule has 2 saturated heterocycles. The fraction of sp³-hybridized carbons (Fsp3) is 0.606. The van der Waals surface area contributed by atoms with Crippen molar-refractivity contribution < 1.29 is 14.4 Å². The van der Waals surface area contributed by atoms with Crippen LogP contribution in [0.5, 0.6) is 0 Å². The van der Waals surface area contributed by atoms with Crippen LogP contribution in [-0.4, -0.2) is 81.5 Å². The molecule has 2 aliphatic carbocycles. The summed E-state index contributed by atoms with van der Waals surface area (Å²) in [7, 11) is 2.12. The first-order valence-corrected chi connectivity index (χ1v) is 17.3. The summed E-state index contributed by atoms with van der Waals surface area (Å²) in [6, 6.07) is 2.77. The molecule has 0 aromatic carbocycles. The zero-order chi connectivity index (χ0) is 32.0. The number of thiophene rings is 1. The van der Waals surface area contributed by atoms with Gasteiger partial charge in [0.1, 0.15) is 34.9 Å². The molecule has 1 spiro atoms. The minimum Gasteiger partial charge on any atom is -0.475 e. The lowest BCUT2D eigenvalue weighted by Crippen LogP contribution is -2.53. The molecular formula is C33H41N9O3S. The third-order valence-electron chi connectivity index (χ3n) is 11.1. The number of nitrogen functional groups attached to an aromatic ring is 1. The quantitative estimate of drug-likeness (QED) is 0.321. The normalized spacial score (nSPS) is 29.4. The number of rotatable bonds is 4. The molecule has 0 amide bonds. The van der Waals surface area contributed by atoms with Gasteiger partial charge in [-0.15, -0.1) is 11.3 Å². The van der Waals surface area contributed by atoms with Crippen molar-refractivity contribution in [2.75, 3.05) is 42.7 Å². The van der Waals surface area contributed by atoms with Crippen LogP contribution in [-0.2, 0) is 23.0 Å². The molecule has 6 heterocycles. The summed E-state index contributed by atoms with van der Waals surface area (Å²) in [5.74, 6) is 2.37. The number of anilines is 3. The summed E-state index contributed by atoms with van der Waals surface area (Å²) in [4.78, 5) is 15.8. The largest absolute Gasteiger partial charge is 0.475 e. The molecule has 46 heavy (non-hydrogen) atoms. The average molecular weight is 644 g/mol. The third-order valence-corrected chi connectivity index (χ3v) is 12.2. The molecule has 0 radical (unpaired) electrons. The first-order valence-electron chi connectivity index (χ1n) is 16.5. The van der Waals surface area contributed by atoms with Crippen LogP contribution in [0.1, 0.15) is 91.7 Å². The van der Waals surface area contributed by atoms with Crippen LogP contribution >= 0.6 is 11.3 Å². The second-order valence-corrected chi connectivity index (χ2v) is 15.3. The number of nitrogens with zero attached hydrogens (tertiary/aromatic N) is 6. The van der Waals surface area contributed by atoms with Crippen LogP contribution in [0.3, 0.4) is 0 Å². The van der Waals surface area contributed by atoms with Gasteiger partial charge in [-0.05, 0) is 90.8 Å². The molecule has 0 saturated carbocycles. The average Bonchev–Trinajstić information content (AvgIpc) is 3.57. The smallest absolute Gasteiger partial charge is 0.220 e. The van der Waals surface area contributed by atoms with Crippen LogP contribution in [0.25, 0.3) is 11.5 Å². The minimum absolute atomic E-state index is 0.0298. The van der Waals surface area contributed by atoms with Crippen molar-refractivity contribution in [2.24, 2.45) is 0 Å². The molecule has 5 unspecified atom stereocenters. The van der Waals surface area contributed by atoms with Crippen LogP contribution in [0.4, 0.5) is 16.6 Å². The Labute approximate surface area is 272 Å². The second-order valence-electron chi connectivity index (χ2n) is 14.2. The third kappa shape index (κ3) is 4.44. The Balaban J connectivity index is 1.29. The highest BCUT2D eigenvalue weighted by atomic mass is 32.1. The Hall–Kier alpha value is -3.73. The molecule has 242 valence electrons. The van der Waals surface area contributed by atoms with Gasteiger partial charge < -0.3 is 35.2 Å². The molecular weight excluding hydrogens is 602 g/mol. The summed E-state index contributed by atoms with van der Waals surface area (Å²) in [6.07, 6.45) is 7.77. The van der Waals surface area contributed by atoms with E-state index >= 15 is 0 Å². The van der Waals surface area contributed by atoms with Gasteiger partial charge in [-0.2, -0.15) is 5.26 Å². The Morgan fingerprint density at radius 1 is 1.22 bits per heavy atom.